The molecule has 0 saturated carbocycles. The second kappa shape index (κ2) is 8.18. The zero-order chi connectivity index (χ0) is 20.2. The lowest BCUT2D eigenvalue weighted by atomic mass is 10.1. The normalized spacial score (nSPS) is 14.9. The maximum absolute atomic E-state index is 12.8. The van der Waals surface area contributed by atoms with Crippen molar-refractivity contribution in [2.45, 2.75) is 25.4 Å². The van der Waals surface area contributed by atoms with Gasteiger partial charge in [-0.2, -0.15) is 0 Å². The van der Waals surface area contributed by atoms with Crippen LogP contribution in [0.25, 0.3) is 0 Å². The van der Waals surface area contributed by atoms with Crippen molar-refractivity contribution in [2.24, 2.45) is 0 Å². The van der Waals surface area contributed by atoms with Crippen LogP contribution in [0.4, 0.5) is 0 Å². The van der Waals surface area contributed by atoms with E-state index in [9.17, 15) is 9.59 Å². The third-order valence-corrected chi connectivity index (χ3v) is 5.15. The highest BCUT2D eigenvalue weighted by Gasteiger charge is 2.27. The Morgan fingerprint density at radius 3 is 2.79 bits per heavy atom. The van der Waals surface area contributed by atoms with Gasteiger partial charge >= 0.3 is 0 Å². The van der Waals surface area contributed by atoms with E-state index in [0.717, 1.165) is 24.0 Å². The van der Waals surface area contributed by atoms with E-state index in [1.807, 2.05) is 42.5 Å². The first-order valence-corrected chi connectivity index (χ1v) is 9.49. The van der Waals surface area contributed by atoms with Crippen LogP contribution >= 0.6 is 0 Å². The number of H-pyrrole nitrogens is 1. The second-order valence-electron chi connectivity index (χ2n) is 6.88. The number of imidazole rings is 1. The average Bonchev–Trinajstić information content (AvgIpc) is 3.40. The first-order valence-electron chi connectivity index (χ1n) is 9.49. The molecule has 1 aliphatic carbocycles. The van der Waals surface area contributed by atoms with E-state index in [1.54, 1.807) is 7.11 Å². The van der Waals surface area contributed by atoms with Crippen LogP contribution in [0.1, 0.15) is 50.1 Å². The minimum atomic E-state index is -0.398. The van der Waals surface area contributed by atoms with Gasteiger partial charge in [0.2, 0.25) is 0 Å². The number of hydrogen-bond acceptors (Lipinski definition) is 4. The summed E-state index contributed by atoms with van der Waals surface area (Å²) in [7, 11) is 1.58. The Labute approximate surface area is 168 Å². The molecule has 148 valence electrons. The van der Waals surface area contributed by atoms with Gasteiger partial charge in [-0.25, -0.2) is 4.98 Å². The highest BCUT2D eigenvalue weighted by atomic mass is 16.5. The molecule has 3 N–H and O–H groups in total. The first-order chi connectivity index (χ1) is 14.2. The van der Waals surface area contributed by atoms with Crippen molar-refractivity contribution in [3.63, 3.8) is 0 Å². The van der Waals surface area contributed by atoms with Crippen molar-refractivity contribution in [2.75, 3.05) is 7.11 Å². The number of methoxy groups -OCH3 is 1. The molecule has 1 aromatic heterocycles. The number of aromatic amines is 1. The van der Waals surface area contributed by atoms with Gasteiger partial charge in [-0.1, -0.05) is 42.5 Å². The predicted octanol–water partition coefficient (Wildman–Crippen LogP) is 2.77. The molecule has 0 radical (unpaired) electrons. The van der Waals surface area contributed by atoms with Crippen LogP contribution in [0, 0.1) is 0 Å². The topological polar surface area (TPSA) is 96.1 Å². The molecule has 2 amide bonds. The molecular weight excluding hydrogens is 368 g/mol. The molecule has 0 spiro atoms. The van der Waals surface area contributed by atoms with E-state index in [0.29, 0.717) is 5.75 Å². The summed E-state index contributed by atoms with van der Waals surface area (Å²) in [6, 6.07) is 15.4. The molecular formula is C22H22N4O3. The van der Waals surface area contributed by atoms with Crippen molar-refractivity contribution < 1.29 is 14.3 Å². The first kappa shape index (κ1) is 18.7. The van der Waals surface area contributed by atoms with Gasteiger partial charge in [-0.15, -0.1) is 0 Å². The molecule has 4 rings (SSSR count). The molecule has 0 fully saturated rings. The lowest BCUT2D eigenvalue weighted by Crippen LogP contribution is -2.31. The quantitative estimate of drug-likeness (QED) is 0.603. The lowest BCUT2D eigenvalue weighted by molar-refractivity contribution is 0.0903. The fourth-order valence-corrected chi connectivity index (χ4v) is 3.69. The third-order valence-electron chi connectivity index (χ3n) is 5.15. The van der Waals surface area contributed by atoms with E-state index in [4.69, 9.17) is 4.74 Å². The number of benzene rings is 2. The molecule has 7 nitrogen and oxygen atoms in total. The summed E-state index contributed by atoms with van der Waals surface area (Å²) in [6.45, 7) is 0.277. The average molecular weight is 390 g/mol. The number of nitrogens with one attached hydrogen (secondary N) is 3. The Morgan fingerprint density at radius 1 is 1.14 bits per heavy atom. The number of aromatic nitrogens is 2. The summed E-state index contributed by atoms with van der Waals surface area (Å²) in [6.07, 6.45) is 3.12. The van der Waals surface area contributed by atoms with Crippen LogP contribution in [0.3, 0.4) is 0 Å². The molecule has 7 heteroatoms. The SMILES string of the molecule is COc1ccccc1CNC(=O)c1[nH]cnc1C(=O)NC1CCc2ccccc21. The zero-order valence-corrected chi connectivity index (χ0v) is 16.1. The number of carbonyl (C=O) groups is 2. The van der Waals surface area contributed by atoms with Crippen molar-refractivity contribution in [3.05, 3.63) is 82.9 Å². The summed E-state index contributed by atoms with van der Waals surface area (Å²) in [4.78, 5) is 32.3. The molecule has 3 aromatic rings. The van der Waals surface area contributed by atoms with Gasteiger partial charge < -0.3 is 20.4 Å². The van der Waals surface area contributed by atoms with Gasteiger partial charge in [0.05, 0.1) is 19.5 Å². The Morgan fingerprint density at radius 2 is 1.93 bits per heavy atom. The minimum Gasteiger partial charge on any atom is -0.496 e. The molecule has 29 heavy (non-hydrogen) atoms. The number of fused-ring (bicyclic) bond motifs is 1. The fourth-order valence-electron chi connectivity index (χ4n) is 3.69. The molecule has 1 heterocycles. The van der Waals surface area contributed by atoms with E-state index in [-0.39, 0.29) is 29.9 Å². The Balaban J connectivity index is 1.44. The summed E-state index contributed by atoms with van der Waals surface area (Å²) in [5, 5.41) is 5.81. The summed E-state index contributed by atoms with van der Waals surface area (Å²) >= 11 is 0. The smallest absolute Gasteiger partial charge is 0.272 e. The maximum atomic E-state index is 12.8. The highest BCUT2D eigenvalue weighted by molar-refractivity contribution is 6.04. The molecule has 2 aromatic carbocycles. The number of hydrogen-bond donors (Lipinski definition) is 3. The van der Waals surface area contributed by atoms with Crippen LogP contribution in [-0.2, 0) is 13.0 Å². The van der Waals surface area contributed by atoms with Gasteiger partial charge in [0.25, 0.3) is 11.8 Å². The minimum absolute atomic E-state index is 0.0695. The van der Waals surface area contributed by atoms with Gasteiger partial charge in [-0.05, 0) is 30.0 Å². The Kier molecular flexibility index (Phi) is 5.29. The van der Waals surface area contributed by atoms with Gasteiger partial charge in [0.15, 0.2) is 5.69 Å². The second-order valence-corrected chi connectivity index (χ2v) is 6.88. The number of aryl methyl sites for hydroxylation is 1. The van der Waals surface area contributed by atoms with Crippen LogP contribution < -0.4 is 15.4 Å². The molecule has 1 atom stereocenters. The Bertz CT molecular complexity index is 1040. The summed E-state index contributed by atoms with van der Waals surface area (Å²) < 4.78 is 5.30. The molecule has 0 aliphatic heterocycles. The number of ether oxygens (including phenoxy) is 1. The number of rotatable bonds is 6. The van der Waals surface area contributed by atoms with Crippen molar-refractivity contribution in [1.29, 1.82) is 0 Å². The van der Waals surface area contributed by atoms with Crippen LogP contribution in [0.5, 0.6) is 5.75 Å². The molecule has 1 aliphatic rings. The van der Waals surface area contributed by atoms with Crippen molar-refractivity contribution in [3.8, 4) is 5.75 Å². The van der Waals surface area contributed by atoms with E-state index >= 15 is 0 Å². The monoisotopic (exact) mass is 390 g/mol. The molecule has 0 bridgehead atoms. The summed E-state index contributed by atoms with van der Waals surface area (Å²) in [5.41, 5.74) is 3.44. The van der Waals surface area contributed by atoms with E-state index in [1.165, 1.54) is 11.9 Å². The summed E-state index contributed by atoms with van der Waals surface area (Å²) in [5.74, 6) is -0.0731. The highest BCUT2D eigenvalue weighted by Crippen LogP contribution is 2.30. The number of carbonyl (C=O) groups excluding carboxylic acids is 2. The fraction of sp³-hybridized carbons (Fsp3) is 0.227. The van der Waals surface area contributed by atoms with Crippen LogP contribution in [-0.4, -0.2) is 28.9 Å². The van der Waals surface area contributed by atoms with Gasteiger partial charge in [0, 0.05) is 12.1 Å². The standard InChI is InChI=1S/C22H22N4O3/c1-29-18-9-5-3-7-15(18)12-23-21(27)19-20(25-13-24-19)22(28)26-17-11-10-14-6-2-4-8-16(14)17/h2-9,13,17H,10-12H2,1H3,(H,23,27)(H,24,25)(H,26,28). The van der Waals surface area contributed by atoms with E-state index in [2.05, 4.69) is 26.7 Å². The zero-order valence-electron chi connectivity index (χ0n) is 16.1. The molecule has 1 unspecified atom stereocenters. The number of nitrogens with zero attached hydrogens (tertiary/aromatic N) is 1. The maximum Gasteiger partial charge on any atom is 0.272 e. The van der Waals surface area contributed by atoms with Crippen LogP contribution in [0.15, 0.2) is 54.9 Å². The van der Waals surface area contributed by atoms with Crippen molar-refractivity contribution >= 4 is 11.8 Å². The predicted molar refractivity (Wildman–Crippen MR) is 108 cm³/mol. The van der Waals surface area contributed by atoms with Gasteiger partial charge in [-0.3, -0.25) is 9.59 Å². The van der Waals surface area contributed by atoms with Crippen molar-refractivity contribution in [1.82, 2.24) is 20.6 Å². The third kappa shape index (κ3) is 3.85. The lowest BCUT2D eigenvalue weighted by Gasteiger charge is -2.14. The largest absolute Gasteiger partial charge is 0.496 e. The van der Waals surface area contributed by atoms with Crippen LogP contribution in [0.2, 0.25) is 0 Å². The molecule has 0 saturated heterocycles. The number of para-hydroxylation sites is 1. The Hall–Kier alpha value is -3.61. The number of amides is 2. The van der Waals surface area contributed by atoms with Gasteiger partial charge in [0.1, 0.15) is 11.4 Å². The van der Waals surface area contributed by atoms with E-state index < -0.39 is 5.91 Å².